The maximum Gasteiger partial charge on any atom is 0.00818 e. The van der Waals surface area contributed by atoms with Gasteiger partial charge in [-0.3, -0.25) is 0 Å². The smallest absolute Gasteiger partial charge is 0.00818 e. The second-order valence-corrected chi connectivity index (χ2v) is 5.61. The van der Waals surface area contributed by atoms with Crippen LogP contribution in [0.2, 0.25) is 0 Å². The van der Waals surface area contributed by atoms with E-state index in [-0.39, 0.29) is 0 Å². The SMILES string of the molecule is CC(CC1CCCCN1)N(C)CC1CC1. The summed E-state index contributed by atoms with van der Waals surface area (Å²) in [5.74, 6) is 1.02. The first-order valence-corrected chi connectivity index (χ1v) is 6.69. The largest absolute Gasteiger partial charge is 0.314 e. The van der Waals surface area contributed by atoms with Crippen LogP contribution in [0.3, 0.4) is 0 Å². The molecule has 15 heavy (non-hydrogen) atoms. The fourth-order valence-corrected chi connectivity index (χ4v) is 2.60. The van der Waals surface area contributed by atoms with Gasteiger partial charge in [0, 0.05) is 18.6 Å². The molecule has 1 saturated carbocycles. The molecular formula is C13H26N2. The van der Waals surface area contributed by atoms with Gasteiger partial charge >= 0.3 is 0 Å². The van der Waals surface area contributed by atoms with Gasteiger partial charge in [-0.25, -0.2) is 0 Å². The Bertz CT molecular complexity index is 183. The van der Waals surface area contributed by atoms with E-state index in [0.29, 0.717) is 0 Å². The Morgan fingerprint density at radius 2 is 2.07 bits per heavy atom. The first-order chi connectivity index (χ1) is 7.25. The first kappa shape index (κ1) is 11.4. The van der Waals surface area contributed by atoms with Crippen molar-refractivity contribution in [2.24, 2.45) is 5.92 Å². The lowest BCUT2D eigenvalue weighted by molar-refractivity contribution is 0.209. The Morgan fingerprint density at radius 3 is 2.67 bits per heavy atom. The van der Waals surface area contributed by atoms with E-state index in [1.807, 2.05) is 0 Å². The van der Waals surface area contributed by atoms with Crippen molar-refractivity contribution in [2.75, 3.05) is 20.1 Å². The molecule has 2 rings (SSSR count). The summed E-state index contributed by atoms with van der Waals surface area (Å²) in [4.78, 5) is 2.56. The molecule has 1 aliphatic heterocycles. The zero-order valence-corrected chi connectivity index (χ0v) is 10.3. The Balaban J connectivity index is 1.66. The molecule has 0 radical (unpaired) electrons. The summed E-state index contributed by atoms with van der Waals surface area (Å²) in [6.07, 6.45) is 8.47. The maximum atomic E-state index is 3.65. The number of nitrogens with zero attached hydrogens (tertiary/aromatic N) is 1. The molecule has 88 valence electrons. The van der Waals surface area contributed by atoms with Crippen LogP contribution in [0.4, 0.5) is 0 Å². The second kappa shape index (κ2) is 5.31. The maximum absolute atomic E-state index is 3.65. The van der Waals surface area contributed by atoms with E-state index >= 15 is 0 Å². The van der Waals surface area contributed by atoms with Gasteiger partial charge in [-0.15, -0.1) is 0 Å². The molecule has 2 nitrogen and oxygen atoms in total. The van der Waals surface area contributed by atoms with Crippen molar-refractivity contribution in [3.8, 4) is 0 Å². The van der Waals surface area contributed by atoms with Crippen LogP contribution in [0.1, 0.15) is 45.4 Å². The highest BCUT2D eigenvalue weighted by Crippen LogP contribution is 2.30. The first-order valence-electron chi connectivity index (χ1n) is 6.69. The Labute approximate surface area is 94.4 Å². The summed E-state index contributed by atoms with van der Waals surface area (Å²) in [6, 6.07) is 1.54. The number of rotatable bonds is 5. The third-order valence-corrected chi connectivity index (χ3v) is 4.03. The highest BCUT2D eigenvalue weighted by Gasteiger charge is 2.25. The van der Waals surface area contributed by atoms with E-state index in [4.69, 9.17) is 0 Å². The van der Waals surface area contributed by atoms with Gasteiger partial charge in [-0.2, -0.15) is 0 Å². The predicted molar refractivity (Wildman–Crippen MR) is 65.1 cm³/mol. The Morgan fingerprint density at radius 1 is 1.27 bits per heavy atom. The molecule has 1 aliphatic carbocycles. The molecule has 0 aromatic heterocycles. The number of piperidine rings is 1. The van der Waals surface area contributed by atoms with E-state index < -0.39 is 0 Å². The molecule has 1 saturated heterocycles. The van der Waals surface area contributed by atoms with Crippen LogP contribution >= 0.6 is 0 Å². The van der Waals surface area contributed by atoms with Crippen molar-refractivity contribution >= 4 is 0 Å². The molecule has 1 N–H and O–H groups in total. The molecule has 2 fully saturated rings. The van der Waals surface area contributed by atoms with Crippen molar-refractivity contribution in [1.29, 1.82) is 0 Å². The average Bonchev–Trinajstić information content (AvgIpc) is 3.03. The molecule has 2 unspecified atom stereocenters. The Kier molecular flexibility index (Phi) is 4.04. The van der Waals surface area contributed by atoms with Gasteiger partial charge in [0.2, 0.25) is 0 Å². The summed E-state index contributed by atoms with van der Waals surface area (Å²) in [6.45, 7) is 4.95. The zero-order valence-electron chi connectivity index (χ0n) is 10.3. The lowest BCUT2D eigenvalue weighted by Gasteiger charge is -2.31. The van der Waals surface area contributed by atoms with Crippen molar-refractivity contribution in [2.45, 2.75) is 57.5 Å². The summed E-state index contributed by atoms with van der Waals surface area (Å²) in [5.41, 5.74) is 0. The fraction of sp³-hybridized carbons (Fsp3) is 1.00. The van der Waals surface area contributed by atoms with E-state index in [0.717, 1.165) is 18.0 Å². The summed E-state index contributed by atoms with van der Waals surface area (Å²) < 4.78 is 0. The van der Waals surface area contributed by atoms with Gasteiger partial charge in [-0.05, 0) is 58.5 Å². The van der Waals surface area contributed by atoms with Gasteiger partial charge in [0.25, 0.3) is 0 Å². The minimum atomic E-state index is 0.751. The van der Waals surface area contributed by atoms with Crippen LogP contribution in [0.15, 0.2) is 0 Å². The molecule has 0 aromatic carbocycles. The van der Waals surface area contributed by atoms with Crippen LogP contribution in [-0.4, -0.2) is 37.1 Å². The molecule has 2 aliphatic rings. The zero-order chi connectivity index (χ0) is 10.7. The van der Waals surface area contributed by atoms with Crippen molar-refractivity contribution in [3.05, 3.63) is 0 Å². The van der Waals surface area contributed by atoms with Gasteiger partial charge in [0.05, 0.1) is 0 Å². The molecule has 2 heteroatoms. The molecular weight excluding hydrogens is 184 g/mol. The van der Waals surface area contributed by atoms with E-state index in [1.165, 1.54) is 51.6 Å². The summed E-state index contributed by atoms with van der Waals surface area (Å²) >= 11 is 0. The normalized spacial score (nSPS) is 29.4. The quantitative estimate of drug-likeness (QED) is 0.749. The second-order valence-electron chi connectivity index (χ2n) is 5.61. The molecule has 0 amide bonds. The fourth-order valence-electron chi connectivity index (χ4n) is 2.60. The highest BCUT2D eigenvalue weighted by atomic mass is 15.1. The minimum absolute atomic E-state index is 0.751. The molecule has 0 bridgehead atoms. The van der Waals surface area contributed by atoms with Crippen LogP contribution in [0, 0.1) is 5.92 Å². The van der Waals surface area contributed by atoms with Gasteiger partial charge in [0.1, 0.15) is 0 Å². The van der Waals surface area contributed by atoms with Crippen LogP contribution in [0.25, 0.3) is 0 Å². The summed E-state index contributed by atoms with van der Waals surface area (Å²) in [7, 11) is 2.30. The van der Waals surface area contributed by atoms with Gasteiger partial charge < -0.3 is 10.2 Å². The predicted octanol–water partition coefficient (Wildman–Crippen LogP) is 2.25. The van der Waals surface area contributed by atoms with Crippen LogP contribution in [0.5, 0.6) is 0 Å². The topological polar surface area (TPSA) is 15.3 Å². The van der Waals surface area contributed by atoms with Gasteiger partial charge in [-0.1, -0.05) is 6.42 Å². The molecule has 2 atom stereocenters. The van der Waals surface area contributed by atoms with Crippen molar-refractivity contribution < 1.29 is 0 Å². The molecule has 0 aromatic rings. The molecule has 1 heterocycles. The van der Waals surface area contributed by atoms with Crippen molar-refractivity contribution in [1.82, 2.24) is 10.2 Å². The lowest BCUT2D eigenvalue weighted by atomic mass is 9.98. The van der Waals surface area contributed by atoms with E-state index in [2.05, 4.69) is 24.2 Å². The van der Waals surface area contributed by atoms with E-state index in [1.54, 1.807) is 0 Å². The number of nitrogens with one attached hydrogen (secondary N) is 1. The molecule has 0 spiro atoms. The standard InChI is InChI=1S/C13H26N2/c1-11(15(2)10-12-6-7-12)9-13-5-3-4-8-14-13/h11-14H,3-10H2,1-2H3. The van der Waals surface area contributed by atoms with Gasteiger partial charge in [0.15, 0.2) is 0 Å². The third kappa shape index (κ3) is 3.76. The van der Waals surface area contributed by atoms with Crippen LogP contribution < -0.4 is 5.32 Å². The highest BCUT2D eigenvalue weighted by molar-refractivity contribution is 4.81. The Hall–Kier alpha value is -0.0800. The third-order valence-electron chi connectivity index (χ3n) is 4.03. The summed E-state index contributed by atoms with van der Waals surface area (Å²) in [5, 5.41) is 3.65. The van der Waals surface area contributed by atoms with Crippen LogP contribution in [-0.2, 0) is 0 Å². The monoisotopic (exact) mass is 210 g/mol. The number of hydrogen-bond acceptors (Lipinski definition) is 2. The average molecular weight is 210 g/mol. The van der Waals surface area contributed by atoms with Crippen molar-refractivity contribution in [3.63, 3.8) is 0 Å². The van der Waals surface area contributed by atoms with E-state index in [9.17, 15) is 0 Å². The number of hydrogen-bond donors (Lipinski definition) is 1. The lowest BCUT2D eigenvalue weighted by Crippen LogP contribution is -2.41. The minimum Gasteiger partial charge on any atom is -0.314 e.